The molecule has 33 heavy (non-hydrogen) atoms. The quantitative estimate of drug-likeness (QED) is 0.482. The van der Waals surface area contributed by atoms with Gasteiger partial charge in [-0.1, -0.05) is 18.2 Å². The number of amides is 1. The molecule has 0 radical (unpaired) electrons. The third kappa shape index (κ3) is 3.91. The summed E-state index contributed by atoms with van der Waals surface area (Å²) in [5.74, 6) is 1.62. The molecule has 2 atom stereocenters. The van der Waals surface area contributed by atoms with E-state index in [2.05, 4.69) is 15.1 Å². The summed E-state index contributed by atoms with van der Waals surface area (Å²) in [6, 6.07) is 16.1. The van der Waals surface area contributed by atoms with E-state index in [4.69, 9.17) is 10.5 Å². The number of fused-ring (bicyclic) bond motifs is 1. The average Bonchev–Trinajstić information content (AvgIpc) is 3.21. The number of nitrogens with two attached hydrogens (primary N) is 1. The summed E-state index contributed by atoms with van der Waals surface area (Å²) in [6.45, 7) is -0.00797. The Morgan fingerprint density at radius 1 is 1.09 bits per heavy atom. The second-order valence-corrected chi connectivity index (χ2v) is 7.79. The van der Waals surface area contributed by atoms with Crippen LogP contribution in [0.4, 0.5) is 15.0 Å². The van der Waals surface area contributed by atoms with Crippen LogP contribution in [-0.4, -0.2) is 55.1 Å². The van der Waals surface area contributed by atoms with Gasteiger partial charge >= 0.3 is 6.09 Å². The van der Waals surface area contributed by atoms with E-state index in [-0.39, 0.29) is 25.3 Å². The molecule has 2 aromatic heterocycles. The molecule has 10 heteroatoms. The lowest BCUT2D eigenvalue weighted by Crippen LogP contribution is -2.45. The Hall–Kier alpha value is -4.21. The Balaban J connectivity index is 1.50. The number of halogens is 1. The zero-order chi connectivity index (χ0) is 22.9. The minimum Gasteiger partial charge on any atom is -0.465 e. The number of benzene rings is 2. The minimum absolute atomic E-state index is 0.212. The van der Waals surface area contributed by atoms with Crippen LogP contribution in [0, 0.1) is 0 Å². The Morgan fingerprint density at radius 2 is 1.82 bits per heavy atom. The molecule has 4 aromatic rings. The number of ether oxygens (including phenoxy) is 1. The van der Waals surface area contributed by atoms with Crippen LogP contribution in [-0.2, 0) is 0 Å². The maximum Gasteiger partial charge on any atom is 0.407 e. The molecule has 0 bridgehead atoms. The van der Waals surface area contributed by atoms with Crippen molar-refractivity contribution >= 4 is 22.9 Å². The van der Waals surface area contributed by atoms with Gasteiger partial charge in [-0.15, -0.1) is 0 Å². The molecule has 0 saturated carbocycles. The molecule has 9 nitrogen and oxygen atoms in total. The van der Waals surface area contributed by atoms with E-state index in [1.807, 2.05) is 54.6 Å². The number of aromatic nitrogens is 4. The maximum atomic E-state index is 15.0. The second kappa shape index (κ2) is 8.38. The van der Waals surface area contributed by atoms with Gasteiger partial charge in [0.2, 0.25) is 0 Å². The Morgan fingerprint density at radius 3 is 2.52 bits per heavy atom. The van der Waals surface area contributed by atoms with Crippen molar-refractivity contribution in [2.75, 3.05) is 18.8 Å². The number of likely N-dealkylation sites (tertiary alicyclic amines) is 1. The maximum absolute atomic E-state index is 15.0. The van der Waals surface area contributed by atoms with Gasteiger partial charge in [-0.05, 0) is 42.8 Å². The van der Waals surface area contributed by atoms with Gasteiger partial charge in [0.15, 0.2) is 5.65 Å². The fraction of sp³-hybridized carbons (Fsp3) is 0.217. The Bertz CT molecular complexity index is 1300. The second-order valence-electron chi connectivity index (χ2n) is 7.79. The SMILES string of the molecule is Nc1ncnc2c1c(-c1ccc(Oc3ccccc3)cc1)nn2C1CCN(C(=O)O)C[C@H]1F. The van der Waals surface area contributed by atoms with Gasteiger partial charge in [-0.2, -0.15) is 5.10 Å². The first kappa shape index (κ1) is 20.7. The third-order valence-electron chi connectivity index (χ3n) is 5.72. The molecule has 3 N–H and O–H groups in total. The first-order chi connectivity index (χ1) is 16.0. The first-order valence-electron chi connectivity index (χ1n) is 10.4. The van der Waals surface area contributed by atoms with Crippen molar-refractivity contribution in [2.24, 2.45) is 0 Å². The highest BCUT2D eigenvalue weighted by Gasteiger charge is 2.35. The number of carboxylic acid groups (broad SMARTS) is 1. The van der Waals surface area contributed by atoms with Crippen molar-refractivity contribution < 1.29 is 19.0 Å². The molecule has 1 amide bonds. The number of nitrogens with zero attached hydrogens (tertiary/aromatic N) is 5. The molecule has 168 valence electrons. The molecule has 1 saturated heterocycles. The summed E-state index contributed by atoms with van der Waals surface area (Å²) in [5.41, 5.74) is 7.85. The standard InChI is InChI=1S/C23H21FN6O3/c24-17-12-29(23(31)32)11-10-18(17)30-22-19(21(25)26-13-27-22)20(28-30)14-6-8-16(9-7-14)33-15-4-2-1-3-5-15/h1-9,13,17-18H,10-12H2,(H,31,32)(H2,25,26,27)/t17-,18?/m1/s1. The zero-order valence-corrected chi connectivity index (χ0v) is 17.5. The van der Waals surface area contributed by atoms with Crippen molar-refractivity contribution in [3.05, 3.63) is 60.9 Å². The number of hydrogen-bond acceptors (Lipinski definition) is 6. The number of para-hydroxylation sites is 1. The van der Waals surface area contributed by atoms with E-state index in [0.29, 0.717) is 22.5 Å². The molecule has 3 heterocycles. The van der Waals surface area contributed by atoms with Crippen molar-refractivity contribution in [3.8, 4) is 22.8 Å². The van der Waals surface area contributed by atoms with Crippen LogP contribution >= 0.6 is 0 Å². The van der Waals surface area contributed by atoms with E-state index in [0.717, 1.165) is 16.2 Å². The molecule has 1 unspecified atom stereocenters. The van der Waals surface area contributed by atoms with E-state index < -0.39 is 18.3 Å². The predicted octanol–water partition coefficient (Wildman–Crippen LogP) is 4.13. The smallest absolute Gasteiger partial charge is 0.407 e. The third-order valence-corrected chi connectivity index (χ3v) is 5.72. The van der Waals surface area contributed by atoms with Crippen LogP contribution in [0.3, 0.4) is 0 Å². The molecular weight excluding hydrogens is 427 g/mol. The topological polar surface area (TPSA) is 119 Å². The highest BCUT2D eigenvalue weighted by Crippen LogP contribution is 2.35. The summed E-state index contributed by atoms with van der Waals surface area (Å²) < 4.78 is 22.3. The van der Waals surface area contributed by atoms with Crippen LogP contribution in [0.5, 0.6) is 11.5 Å². The zero-order valence-electron chi connectivity index (χ0n) is 17.5. The molecule has 5 rings (SSSR count). The van der Waals surface area contributed by atoms with Gasteiger partial charge in [-0.3, -0.25) is 0 Å². The molecule has 2 aromatic carbocycles. The average molecular weight is 448 g/mol. The lowest BCUT2D eigenvalue weighted by Gasteiger charge is -2.33. The van der Waals surface area contributed by atoms with Crippen LogP contribution < -0.4 is 10.5 Å². The fourth-order valence-corrected chi connectivity index (χ4v) is 4.08. The van der Waals surface area contributed by atoms with E-state index in [1.165, 1.54) is 11.0 Å². The summed E-state index contributed by atoms with van der Waals surface area (Å²) in [6.07, 6.45) is -0.969. The monoisotopic (exact) mass is 448 g/mol. The molecule has 1 aliphatic rings. The summed E-state index contributed by atoms with van der Waals surface area (Å²) in [4.78, 5) is 20.7. The minimum atomic E-state index is -1.43. The molecule has 0 aliphatic carbocycles. The van der Waals surface area contributed by atoms with Crippen LogP contribution in [0.25, 0.3) is 22.3 Å². The number of alkyl halides is 1. The number of hydrogen-bond donors (Lipinski definition) is 2. The molecular formula is C23H21FN6O3. The van der Waals surface area contributed by atoms with Gasteiger partial charge in [0, 0.05) is 12.1 Å². The van der Waals surface area contributed by atoms with Crippen molar-refractivity contribution in [1.29, 1.82) is 0 Å². The Kier molecular flexibility index (Phi) is 5.25. The number of piperidine rings is 1. The van der Waals surface area contributed by atoms with E-state index in [9.17, 15) is 14.3 Å². The largest absolute Gasteiger partial charge is 0.465 e. The first-order valence-corrected chi connectivity index (χ1v) is 10.4. The summed E-state index contributed by atoms with van der Waals surface area (Å²) in [7, 11) is 0. The van der Waals surface area contributed by atoms with E-state index >= 15 is 0 Å². The lowest BCUT2D eigenvalue weighted by atomic mass is 10.0. The predicted molar refractivity (Wildman–Crippen MR) is 120 cm³/mol. The van der Waals surface area contributed by atoms with Crippen LogP contribution in [0.2, 0.25) is 0 Å². The van der Waals surface area contributed by atoms with Crippen LogP contribution in [0.15, 0.2) is 60.9 Å². The molecule has 1 fully saturated rings. The van der Waals surface area contributed by atoms with Gasteiger partial charge in [-0.25, -0.2) is 23.8 Å². The lowest BCUT2D eigenvalue weighted by molar-refractivity contribution is 0.0768. The summed E-state index contributed by atoms with van der Waals surface area (Å²) in [5, 5.41) is 14.4. The van der Waals surface area contributed by atoms with Crippen LogP contribution in [0.1, 0.15) is 12.5 Å². The van der Waals surface area contributed by atoms with Gasteiger partial charge < -0.3 is 20.5 Å². The number of nitrogen functional groups attached to an aromatic ring is 1. The van der Waals surface area contributed by atoms with E-state index in [1.54, 1.807) is 0 Å². The number of rotatable bonds is 4. The number of carbonyl (C=O) groups is 1. The normalized spacial score (nSPS) is 18.4. The van der Waals surface area contributed by atoms with Crippen molar-refractivity contribution in [3.63, 3.8) is 0 Å². The van der Waals surface area contributed by atoms with Gasteiger partial charge in [0.05, 0.1) is 18.0 Å². The molecule has 0 spiro atoms. The highest BCUT2D eigenvalue weighted by molar-refractivity contribution is 5.98. The molecule has 1 aliphatic heterocycles. The van der Waals surface area contributed by atoms with Crippen molar-refractivity contribution in [1.82, 2.24) is 24.6 Å². The van der Waals surface area contributed by atoms with Gasteiger partial charge in [0.25, 0.3) is 0 Å². The highest BCUT2D eigenvalue weighted by atomic mass is 19.1. The summed E-state index contributed by atoms with van der Waals surface area (Å²) >= 11 is 0. The van der Waals surface area contributed by atoms with Crippen molar-refractivity contribution in [2.45, 2.75) is 18.6 Å². The fourth-order valence-electron chi connectivity index (χ4n) is 4.08. The Labute approximate surface area is 188 Å². The van der Waals surface area contributed by atoms with Gasteiger partial charge in [0.1, 0.15) is 35.5 Å². The number of anilines is 1.